The van der Waals surface area contributed by atoms with Gasteiger partial charge in [-0.2, -0.15) is 13.2 Å². The number of hydrogen-bond acceptors (Lipinski definition) is 4. The Bertz CT molecular complexity index is 1140. The zero-order chi connectivity index (χ0) is 25.6. The largest absolute Gasteiger partial charge is 0.480 e. The van der Waals surface area contributed by atoms with Gasteiger partial charge in [-0.3, -0.25) is 10.1 Å². The first-order chi connectivity index (χ1) is 16.4. The summed E-state index contributed by atoms with van der Waals surface area (Å²) in [5.74, 6) is -3.33. The van der Waals surface area contributed by atoms with Crippen molar-refractivity contribution in [1.29, 1.82) is 0 Å². The average Bonchev–Trinajstić information content (AvgIpc) is 3.35. The van der Waals surface area contributed by atoms with Crippen molar-refractivity contribution in [2.75, 3.05) is 13.2 Å². The molecule has 2 N–H and O–H groups in total. The lowest BCUT2D eigenvalue weighted by atomic mass is 9.94. The Morgan fingerprint density at radius 3 is 2.14 bits per heavy atom. The molecule has 1 aliphatic heterocycles. The van der Waals surface area contributed by atoms with Crippen molar-refractivity contribution in [3.8, 4) is 11.1 Å². The number of nitrogens with one attached hydrogen (secondary N) is 1. The summed E-state index contributed by atoms with van der Waals surface area (Å²) < 4.78 is 47.5. The number of alkyl carbamates (subject to hydrolysis) is 1. The quantitative estimate of drug-likeness (QED) is 0.651. The van der Waals surface area contributed by atoms with E-state index in [2.05, 4.69) is 0 Å². The van der Waals surface area contributed by atoms with Gasteiger partial charge in [-0.15, -0.1) is 0 Å². The molecule has 2 aromatic carbocycles. The number of carboxylic acids is 1. The highest BCUT2D eigenvalue weighted by Crippen LogP contribution is 2.44. The van der Waals surface area contributed by atoms with E-state index in [1.54, 1.807) is 5.32 Å². The van der Waals surface area contributed by atoms with Gasteiger partial charge in [-0.05, 0) is 48.9 Å². The minimum absolute atomic E-state index is 0.00690. The molecule has 2 aliphatic rings. The van der Waals surface area contributed by atoms with Gasteiger partial charge in [0.05, 0.1) is 0 Å². The van der Waals surface area contributed by atoms with Gasteiger partial charge in [-0.1, -0.05) is 48.5 Å². The maximum absolute atomic E-state index is 14.1. The third-order valence-corrected chi connectivity index (χ3v) is 7.04. The van der Waals surface area contributed by atoms with Crippen LogP contribution in [0.15, 0.2) is 48.5 Å². The summed E-state index contributed by atoms with van der Waals surface area (Å²) in [7, 11) is 0. The number of nitrogens with zero attached hydrogens (tertiary/aromatic N) is 1. The molecule has 0 bridgehead atoms. The number of aliphatic carboxylic acids is 1. The third-order valence-electron chi connectivity index (χ3n) is 7.04. The highest BCUT2D eigenvalue weighted by atomic mass is 19.4. The minimum atomic E-state index is -5.20. The van der Waals surface area contributed by atoms with Crippen molar-refractivity contribution < 1.29 is 37.4 Å². The summed E-state index contributed by atoms with van der Waals surface area (Å²) in [6, 6.07) is 15.0. The van der Waals surface area contributed by atoms with Crippen LogP contribution in [0, 0.1) is 0 Å². The SMILES string of the molecule is CC(NC(=O)OCC1c2ccccc2-c2ccccc21)(C(=O)N1CCC[C@]1(C)C(=O)O)C(F)(F)F. The molecule has 10 heteroatoms. The van der Waals surface area contributed by atoms with Crippen LogP contribution in [0.5, 0.6) is 0 Å². The molecule has 0 radical (unpaired) electrons. The van der Waals surface area contributed by atoms with Crippen molar-refractivity contribution in [2.45, 2.75) is 49.9 Å². The maximum atomic E-state index is 14.1. The van der Waals surface area contributed by atoms with Gasteiger partial charge in [0.1, 0.15) is 12.1 Å². The second kappa shape index (κ2) is 8.58. The van der Waals surface area contributed by atoms with E-state index in [1.807, 2.05) is 48.5 Å². The molecular weight excluding hydrogens is 465 g/mol. The summed E-state index contributed by atoms with van der Waals surface area (Å²) >= 11 is 0. The topological polar surface area (TPSA) is 95.9 Å². The molecule has 1 saturated heterocycles. The monoisotopic (exact) mass is 490 g/mol. The van der Waals surface area contributed by atoms with E-state index in [0.29, 0.717) is 11.8 Å². The Labute approximate surface area is 199 Å². The first kappa shape index (κ1) is 24.6. The Morgan fingerprint density at radius 2 is 1.63 bits per heavy atom. The van der Waals surface area contributed by atoms with Crippen LogP contribution in [-0.4, -0.2) is 58.4 Å². The molecule has 2 atom stereocenters. The first-order valence-corrected chi connectivity index (χ1v) is 11.2. The number of halogens is 3. The van der Waals surface area contributed by atoms with Gasteiger partial charge in [-0.25, -0.2) is 9.59 Å². The van der Waals surface area contributed by atoms with Crippen LogP contribution in [0.2, 0.25) is 0 Å². The van der Waals surface area contributed by atoms with E-state index in [0.717, 1.165) is 22.3 Å². The summed E-state index contributed by atoms with van der Waals surface area (Å²) in [6.07, 6.45) is -6.38. The van der Waals surface area contributed by atoms with E-state index in [-0.39, 0.29) is 31.9 Å². The van der Waals surface area contributed by atoms with Gasteiger partial charge in [0.2, 0.25) is 5.54 Å². The standard InChI is InChI=1S/C25H25F3N2O5/c1-23(21(32)33)12-7-13-30(23)20(31)24(2,25(26,27)28)29-22(34)35-14-19-17-10-5-3-8-15(17)16-9-4-6-11-18(16)19/h3-6,8-11,19H,7,12-14H2,1-2H3,(H,29,34)(H,32,33)/t23-,24?/m1/s1. The molecule has 2 aromatic rings. The van der Waals surface area contributed by atoms with Crippen LogP contribution in [0.3, 0.4) is 0 Å². The molecule has 1 aliphatic carbocycles. The lowest BCUT2D eigenvalue weighted by Crippen LogP contribution is -2.68. The van der Waals surface area contributed by atoms with Crippen molar-refractivity contribution in [3.63, 3.8) is 0 Å². The fraction of sp³-hybridized carbons (Fsp3) is 0.400. The number of hydrogen-bond donors (Lipinski definition) is 2. The Kier molecular flexibility index (Phi) is 6.02. The molecule has 35 heavy (non-hydrogen) atoms. The summed E-state index contributed by atoms with van der Waals surface area (Å²) in [5, 5.41) is 11.2. The number of amides is 2. The minimum Gasteiger partial charge on any atom is -0.480 e. The fourth-order valence-electron chi connectivity index (χ4n) is 4.87. The number of likely N-dealkylation sites (tertiary alicyclic amines) is 1. The summed E-state index contributed by atoms with van der Waals surface area (Å²) in [6.45, 7) is 1.32. The van der Waals surface area contributed by atoms with E-state index < -0.39 is 35.2 Å². The Morgan fingerprint density at radius 1 is 1.09 bits per heavy atom. The summed E-state index contributed by atoms with van der Waals surface area (Å²) in [5.41, 5.74) is -1.50. The van der Waals surface area contributed by atoms with Crippen molar-refractivity contribution in [3.05, 3.63) is 59.7 Å². The molecule has 1 unspecified atom stereocenters. The van der Waals surface area contributed by atoms with Crippen LogP contribution < -0.4 is 5.32 Å². The number of alkyl halides is 3. The number of carbonyl (C=O) groups excluding carboxylic acids is 2. The molecule has 0 aromatic heterocycles. The zero-order valence-corrected chi connectivity index (χ0v) is 19.2. The van der Waals surface area contributed by atoms with Crippen LogP contribution in [0.25, 0.3) is 11.1 Å². The number of benzene rings is 2. The molecule has 7 nitrogen and oxygen atoms in total. The van der Waals surface area contributed by atoms with Crippen molar-refractivity contribution >= 4 is 18.0 Å². The highest BCUT2D eigenvalue weighted by Gasteiger charge is 2.62. The first-order valence-electron chi connectivity index (χ1n) is 11.2. The van der Waals surface area contributed by atoms with Crippen LogP contribution in [0.1, 0.15) is 43.7 Å². The molecule has 0 saturated carbocycles. The van der Waals surface area contributed by atoms with Crippen LogP contribution in [-0.2, 0) is 14.3 Å². The van der Waals surface area contributed by atoms with E-state index in [1.165, 1.54) is 6.92 Å². The number of fused-ring (bicyclic) bond motifs is 3. The van der Waals surface area contributed by atoms with Crippen LogP contribution >= 0.6 is 0 Å². The van der Waals surface area contributed by atoms with Gasteiger partial charge in [0, 0.05) is 12.5 Å². The smallest absolute Gasteiger partial charge is 0.420 e. The molecule has 1 fully saturated rings. The molecule has 186 valence electrons. The normalized spacial score (nSPS) is 21.1. The predicted molar refractivity (Wildman–Crippen MR) is 120 cm³/mol. The van der Waals surface area contributed by atoms with E-state index in [9.17, 15) is 32.7 Å². The number of carbonyl (C=O) groups is 3. The fourth-order valence-corrected chi connectivity index (χ4v) is 4.87. The summed E-state index contributed by atoms with van der Waals surface area (Å²) in [4.78, 5) is 38.0. The van der Waals surface area contributed by atoms with Gasteiger partial charge in [0.15, 0.2) is 0 Å². The Hall–Kier alpha value is -3.56. The Balaban J connectivity index is 1.54. The lowest BCUT2D eigenvalue weighted by Gasteiger charge is -2.39. The van der Waals surface area contributed by atoms with Gasteiger partial charge >= 0.3 is 18.2 Å². The van der Waals surface area contributed by atoms with Gasteiger partial charge < -0.3 is 14.7 Å². The number of rotatable bonds is 5. The van der Waals surface area contributed by atoms with Crippen molar-refractivity contribution in [2.24, 2.45) is 0 Å². The molecule has 0 spiro atoms. The van der Waals surface area contributed by atoms with E-state index >= 15 is 0 Å². The van der Waals surface area contributed by atoms with Crippen LogP contribution in [0.4, 0.5) is 18.0 Å². The molecule has 4 rings (SSSR count). The number of carboxylic acid groups (broad SMARTS) is 1. The molecule has 2 amide bonds. The van der Waals surface area contributed by atoms with E-state index in [4.69, 9.17) is 4.74 Å². The average molecular weight is 490 g/mol. The predicted octanol–water partition coefficient (Wildman–Crippen LogP) is 4.31. The second-order valence-corrected chi connectivity index (χ2v) is 9.21. The number of ether oxygens (including phenoxy) is 1. The second-order valence-electron chi connectivity index (χ2n) is 9.21. The maximum Gasteiger partial charge on any atom is 0.420 e. The zero-order valence-electron chi connectivity index (χ0n) is 19.2. The third kappa shape index (κ3) is 4.00. The van der Waals surface area contributed by atoms with Crippen molar-refractivity contribution in [1.82, 2.24) is 10.2 Å². The van der Waals surface area contributed by atoms with Gasteiger partial charge in [0.25, 0.3) is 5.91 Å². The lowest BCUT2D eigenvalue weighted by molar-refractivity contribution is -0.203. The molecular formula is C25H25F3N2O5. The molecule has 1 heterocycles. The highest BCUT2D eigenvalue weighted by molar-refractivity contribution is 5.95.